The molecule has 0 aromatic heterocycles. The number of ether oxygens (including phenoxy) is 1. The first-order valence-electron chi connectivity index (χ1n) is 12.5. The van der Waals surface area contributed by atoms with E-state index in [1.54, 1.807) is 46.8 Å². The minimum atomic E-state index is -0.991. The van der Waals surface area contributed by atoms with E-state index in [1.165, 1.54) is 23.7 Å². The molecule has 2 bridgehead atoms. The van der Waals surface area contributed by atoms with Crippen LogP contribution in [-0.4, -0.2) is 76.6 Å². The molecule has 0 spiro atoms. The van der Waals surface area contributed by atoms with E-state index in [2.05, 4.69) is 21.3 Å². The largest absolute Gasteiger partial charge is 0.456 e. The Hall–Kier alpha value is -2.25. The maximum atomic E-state index is 13.2. The molecule has 13 heteroatoms. The van der Waals surface area contributed by atoms with Gasteiger partial charge in [0.2, 0.25) is 23.6 Å². The standard InChI is InChI=1S/C24H39N5O6S2/c1-12(2)18-22(32)26-16-11-36-14(5)20(29-21(16)31)23(33)28-19(13(3)4)24(34)35-15(10-17(30)27-18)8-6-7-9-37-25/h6,8,12-16,18-20H,7,9-11,25H2,1-5H3,(H,26,32)(H,27,30)(H,28,33)(H,29,31). The van der Waals surface area contributed by atoms with Crippen molar-refractivity contribution in [1.29, 1.82) is 0 Å². The van der Waals surface area contributed by atoms with Gasteiger partial charge in [-0.25, -0.2) is 4.79 Å². The van der Waals surface area contributed by atoms with Crippen molar-refractivity contribution >= 4 is 53.3 Å². The van der Waals surface area contributed by atoms with Crippen molar-refractivity contribution in [3.05, 3.63) is 12.2 Å². The number of fused-ring (bicyclic) bond motifs is 3. The predicted molar refractivity (Wildman–Crippen MR) is 144 cm³/mol. The van der Waals surface area contributed by atoms with Crippen LogP contribution in [-0.2, 0) is 28.7 Å². The molecule has 2 aliphatic rings. The summed E-state index contributed by atoms with van der Waals surface area (Å²) in [6.07, 6.45) is 2.87. The van der Waals surface area contributed by atoms with E-state index in [0.29, 0.717) is 12.2 Å². The zero-order valence-electron chi connectivity index (χ0n) is 21.9. The molecule has 0 aromatic rings. The van der Waals surface area contributed by atoms with E-state index in [4.69, 9.17) is 9.88 Å². The number of amides is 4. The van der Waals surface area contributed by atoms with Gasteiger partial charge in [-0.2, -0.15) is 11.8 Å². The molecule has 6 unspecified atom stereocenters. The lowest BCUT2D eigenvalue weighted by molar-refractivity contribution is -0.153. The van der Waals surface area contributed by atoms with E-state index >= 15 is 0 Å². The number of thioether (sulfide) groups is 1. The number of esters is 1. The molecule has 208 valence electrons. The SMILES string of the molecule is CC(C)C1NC(=O)CC(C=CCCSN)OC(=O)C(C(C)C)NC(=O)C2NC(=O)C(CSC2C)NC1=O. The maximum absolute atomic E-state index is 13.2. The molecule has 2 rings (SSSR count). The molecule has 37 heavy (non-hydrogen) atoms. The fourth-order valence-electron chi connectivity index (χ4n) is 3.88. The highest BCUT2D eigenvalue weighted by molar-refractivity contribution is 8.00. The number of allylic oxidation sites excluding steroid dienone is 1. The third kappa shape index (κ3) is 9.22. The third-order valence-electron chi connectivity index (χ3n) is 6.10. The number of nitrogens with one attached hydrogen (secondary N) is 4. The molecular weight excluding hydrogens is 518 g/mol. The van der Waals surface area contributed by atoms with Gasteiger partial charge >= 0.3 is 5.97 Å². The second kappa shape index (κ2) is 14.6. The first-order valence-corrected chi connectivity index (χ1v) is 14.5. The third-order valence-corrected chi connectivity index (χ3v) is 7.89. The monoisotopic (exact) mass is 557 g/mol. The Bertz CT molecular complexity index is 884. The van der Waals surface area contributed by atoms with E-state index in [0.717, 1.165) is 0 Å². The normalized spacial score (nSPS) is 30.5. The Kier molecular flexibility index (Phi) is 12.2. The number of nitrogens with two attached hydrogens (primary N) is 1. The van der Waals surface area contributed by atoms with Gasteiger partial charge in [0.05, 0.1) is 6.42 Å². The van der Waals surface area contributed by atoms with Crippen LogP contribution in [0.4, 0.5) is 0 Å². The molecule has 6 N–H and O–H groups in total. The minimum absolute atomic E-state index is 0.216. The first-order chi connectivity index (χ1) is 17.4. The van der Waals surface area contributed by atoms with Crippen molar-refractivity contribution in [2.45, 2.75) is 83.0 Å². The van der Waals surface area contributed by atoms with Gasteiger partial charge in [-0.15, -0.1) is 0 Å². The van der Waals surface area contributed by atoms with Gasteiger partial charge in [0.15, 0.2) is 0 Å². The molecule has 6 atom stereocenters. The molecule has 0 radical (unpaired) electrons. The number of carbonyl (C=O) groups is 5. The molecule has 11 nitrogen and oxygen atoms in total. The Morgan fingerprint density at radius 2 is 1.65 bits per heavy atom. The highest BCUT2D eigenvalue weighted by Crippen LogP contribution is 2.21. The molecule has 0 aromatic carbocycles. The quantitative estimate of drug-likeness (QED) is 0.133. The lowest BCUT2D eigenvalue weighted by Gasteiger charge is -2.28. The topological polar surface area (TPSA) is 169 Å². The van der Waals surface area contributed by atoms with Crippen molar-refractivity contribution in [3.63, 3.8) is 0 Å². The Morgan fingerprint density at radius 3 is 2.27 bits per heavy atom. The summed E-state index contributed by atoms with van der Waals surface area (Å²) in [5.41, 5.74) is 0. The lowest BCUT2D eigenvalue weighted by Crippen LogP contribution is -2.59. The second-order valence-corrected chi connectivity index (χ2v) is 12.0. The summed E-state index contributed by atoms with van der Waals surface area (Å²) < 4.78 is 5.67. The number of rotatable bonds is 6. The highest BCUT2D eigenvalue weighted by Gasteiger charge is 2.39. The van der Waals surface area contributed by atoms with Crippen LogP contribution in [0.2, 0.25) is 0 Å². The van der Waals surface area contributed by atoms with Crippen LogP contribution < -0.4 is 26.4 Å². The fourth-order valence-corrected chi connectivity index (χ4v) is 5.27. The van der Waals surface area contributed by atoms with Gasteiger partial charge in [-0.3, -0.25) is 24.3 Å². The summed E-state index contributed by atoms with van der Waals surface area (Å²) in [6, 6.07) is -3.69. The molecule has 2 aliphatic heterocycles. The Balaban J connectivity index is 2.43. The summed E-state index contributed by atoms with van der Waals surface area (Å²) in [5.74, 6) is -2.40. The van der Waals surface area contributed by atoms with Gasteiger partial charge in [-0.1, -0.05) is 52.6 Å². The van der Waals surface area contributed by atoms with Crippen molar-refractivity contribution in [2.75, 3.05) is 11.5 Å². The van der Waals surface area contributed by atoms with Crippen molar-refractivity contribution in [2.24, 2.45) is 17.0 Å². The number of cyclic esters (lactones) is 1. The van der Waals surface area contributed by atoms with Crippen LogP contribution in [0.1, 0.15) is 47.5 Å². The zero-order chi connectivity index (χ0) is 27.7. The zero-order valence-corrected chi connectivity index (χ0v) is 23.6. The molecular formula is C24H39N5O6S2. The molecule has 0 saturated carbocycles. The average molecular weight is 558 g/mol. The molecule has 2 heterocycles. The van der Waals surface area contributed by atoms with E-state index in [9.17, 15) is 24.0 Å². The van der Waals surface area contributed by atoms with Crippen LogP contribution in [0, 0.1) is 11.8 Å². The summed E-state index contributed by atoms with van der Waals surface area (Å²) in [4.78, 5) is 65.3. The number of hydrogen-bond acceptors (Lipinski definition) is 9. The van der Waals surface area contributed by atoms with Gasteiger partial charge in [0, 0.05) is 16.8 Å². The summed E-state index contributed by atoms with van der Waals surface area (Å²) in [6.45, 7) is 8.89. The van der Waals surface area contributed by atoms with Crippen molar-refractivity contribution in [1.82, 2.24) is 21.3 Å². The molecule has 0 aliphatic carbocycles. The smallest absolute Gasteiger partial charge is 0.329 e. The average Bonchev–Trinajstić information content (AvgIpc) is 2.95. The summed E-state index contributed by atoms with van der Waals surface area (Å²) in [5, 5.41) is 16.0. The summed E-state index contributed by atoms with van der Waals surface area (Å²) >= 11 is 2.53. The first kappa shape index (κ1) is 31.0. The van der Waals surface area contributed by atoms with Crippen LogP contribution in [0.5, 0.6) is 0 Å². The van der Waals surface area contributed by atoms with E-state index in [1.807, 2.05) is 0 Å². The number of carbonyl (C=O) groups excluding carboxylic acids is 5. The van der Waals surface area contributed by atoms with Crippen molar-refractivity contribution in [3.8, 4) is 0 Å². The van der Waals surface area contributed by atoms with Gasteiger partial charge < -0.3 is 26.0 Å². The predicted octanol–water partition coefficient (Wildman–Crippen LogP) is 0.242. The summed E-state index contributed by atoms with van der Waals surface area (Å²) in [7, 11) is 0. The second-order valence-electron chi connectivity index (χ2n) is 9.87. The van der Waals surface area contributed by atoms with E-state index < -0.39 is 59.9 Å². The molecule has 4 amide bonds. The Morgan fingerprint density at radius 1 is 0.973 bits per heavy atom. The van der Waals surface area contributed by atoms with Gasteiger partial charge in [-0.05, 0) is 24.3 Å². The highest BCUT2D eigenvalue weighted by atomic mass is 32.2. The van der Waals surface area contributed by atoms with Crippen molar-refractivity contribution < 1.29 is 28.7 Å². The Labute approximate surface area is 226 Å². The van der Waals surface area contributed by atoms with Gasteiger partial charge in [0.1, 0.15) is 30.3 Å². The molecule has 2 saturated heterocycles. The maximum Gasteiger partial charge on any atom is 0.329 e. The van der Waals surface area contributed by atoms with Crippen LogP contribution >= 0.6 is 23.7 Å². The minimum Gasteiger partial charge on any atom is -0.456 e. The molecule has 2 fully saturated rings. The van der Waals surface area contributed by atoms with Crippen LogP contribution in [0.3, 0.4) is 0 Å². The fraction of sp³-hybridized carbons (Fsp3) is 0.708. The van der Waals surface area contributed by atoms with Crippen LogP contribution in [0.15, 0.2) is 12.2 Å². The van der Waals surface area contributed by atoms with E-state index in [-0.39, 0.29) is 29.3 Å². The van der Waals surface area contributed by atoms with Gasteiger partial charge in [0.25, 0.3) is 0 Å². The lowest BCUT2D eigenvalue weighted by atomic mass is 10.0. The van der Waals surface area contributed by atoms with Crippen LogP contribution in [0.25, 0.3) is 0 Å². The number of hydrogen-bond donors (Lipinski definition) is 5.